The summed E-state index contributed by atoms with van der Waals surface area (Å²) in [4.78, 5) is 48.7. The Bertz CT molecular complexity index is 830. The number of rotatable bonds is 6. The van der Waals surface area contributed by atoms with Crippen molar-refractivity contribution in [2.75, 3.05) is 18.8 Å². The zero-order chi connectivity index (χ0) is 18.7. The van der Waals surface area contributed by atoms with Crippen molar-refractivity contribution in [3.05, 3.63) is 35.2 Å². The van der Waals surface area contributed by atoms with Crippen molar-refractivity contribution in [3.63, 3.8) is 0 Å². The van der Waals surface area contributed by atoms with Crippen LogP contribution in [0.4, 0.5) is 4.79 Å². The lowest BCUT2D eigenvalue weighted by atomic mass is 10.2. The highest BCUT2D eigenvalue weighted by Gasteiger charge is 2.29. The number of ether oxygens (including phenoxy) is 1. The summed E-state index contributed by atoms with van der Waals surface area (Å²) in [6, 6.07) is 9.31. The Morgan fingerprint density at radius 1 is 1.31 bits per heavy atom. The van der Waals surface area contributed by atoms with Crippen molar-refractivity contribution < 1.29 is 23.9 Å². The topological polar surface area (TPSA) is 92.8 Å². The Hall–Kier alpha value is -2.39. The Kier molecular flexibility index (Phi) is 5.58. The van der Waals surface area contributed by atoms with Gasteiger partial charge in [0.2, 0.25) is 5.91 Å². The van der Waals surface area contributed by atoms with Crippen LogP contribution in [0.25, 0.3) is 10.1 Å². The van der Waals surface area contributed by atoms with E-state index in [1.54, 1.807) is 6.07 Å². The molecule has 1 saturated heterocycles. The molecule has 0 saturated carbocycles. The van der Waals surface area contributed by atoms with Crippen LogP contribution in [-0.4, -0.2) is 52.9 Å². The number of nitrogens with one attached hydrogen (secondary N) is 1. The maximum absolute atomic E-state index is 12.2. The third-order valence-corrected chi connectivity index (χ3v) is 5.71. The molecule has 26 heavy (non-hydrogen) atoms. The summed E-state index contributed by atoms with van der Waals surface area (Å²) in [6.07, 6.45) is -0.980. The standard InChI is InChI=1S/C17H16N2O5S2/c1-10(15(21)18-6-7-19-14(20)9-25-17(19)23)24-16(22)13-8-11-4-2-3-5-12(11)26-13/h2-5,8,10H,6-7,9H2,1H3,(H,18,21)/t10-/m1/s1. The van der Waals surface area contributed by atoms with E-state index in [4.69, 9.17) is 4.74 Å². The van der Waals surface area contributed by atoms with Gasteiger partial charge in [-0.15, -0.1) is 11.3 Å². The minimum atomic E-state index is -0.980. The van der Waals surface area contributed by atoms with Crippen LogP contribution >= 0.6 is 23.1 Å². The SMILES string of the molecule is C[C@@H](OC(=O)c1cc2ccccc2s1)C(=O)NCCN1C(=O)CSC1=O. The van der Waals surface area contributed by atoms with Crippen molar-refractivity contribution in [2.45, 2.75) is 13.0 Å². The number of esters is 1. The maximum Gasteiger partial charge on any atom is 0.349 e. The van der Waals surface area contributed by atoms with Crippen LogP contribution in [0.3, 0.4) is 0 Å². The first-order valence-corrected chi connectivity index (χ1v) is 9.70. The fourth-order valence-corrected chi connectivity index (χ4v) is 4.08. The van der Waals surface area contributed by atoms with E-state index in [9.17, 15) is 19.2 Å². The molecule has 1 atom stereocenters. The molecule has 1 aromatic heterocycles. The summed E-state index contributed by atoms with van der Waals surface area (Å²) in [5.74, 6) is -1.17. The van der Waals surface area contributed by atoms with Gasteiger partial charge in [-0.05, 0) is 24.4 Å². The van der Waals surface area contributed by atoms with Gasteiger partial charge < -0.3 is 10.1 Å². The highest BCUT2D eigenvalue weighted by molar-refractivity contribution is 8.14. The summed E-state index contributed by atoms with van der Waals surface area (Å²) in [5.41, 5.74) is 0. The van der Waals surface area contributed by atoms with Gasteiger partial charge >= 0.3 is 5.97 Å². The smallest absolute Gasteiger partial charge is 0.349 e. The van der Waals surface area contributed by atoms with E-state index in [-0.39, 0.29) is 30.0 Å². The van der Waals surface area contributed by atoms with E-state index >= 15 is 0 Å². The number of amides is 3. The van der Waals surface area contributed by atoms with Crippen LogP contribution in [0.2, 0.25) is 0 Å². The minimum Gasteiger partial charge on any atom is -0.448 e. The summed E-state index contributed by atoms with van der Waals surface area (Å²) in [6.45, 7) is 1.69. The summed E-state index contributed by atoms with van der Waals surface area (Å²) in [7, 11) is 0. The van der Waals surface area contributed by atoms with Gasteiger partial charge in [-0.25, -0.2) is 4.79 Å². The van der Waals surface area contributed by atoms with Crippen molar-refractivity contribution >= 4 is 56.2 Å². The van der Waals surface area contributed by atoms with E-state index in [0.29, 0.717) is 4.88 Å². The van der Waals surface area contributed by atoms with Crippen molar-refractivity contribution in [3.8, 4) is 0 Å². The van der Waals surface area contributed by atoms with E-state index in [1.807, 2.05) is 24.3 Å². The molecule has 0 spiro atoms. The summed E-state index contributed by atoms with van der Waals surface area (Å²) in [5, 5.41) is 3.20. The van der Waals surface area contributed by atoms with Gasteiger partial charge in [-0.1, -0.05) is 30.0 Å². The van der Waals surface area contributed by atoms with Gasteiger partial charge in [-0.3, -0.25) is 19.3 Å². The molecule has 0 unspecified atom stereocenters. The molecule has 0 bridgehead atoms. The number of thiophene rings is 1. The molecule has 1 N–H and O–H groups in total. The first-order chi connectivity index (χ1) is 12.5. The van der Waals surface area contributed by atoms with Crippen molar-refractivity contribution in [2.24, 2.45) is 0 Å². The first-order valence-electron chi connectivity index (χ1n) is 7.90. The molecule has 0 aliphatic carbocycles. The van der Waals surface area contributed by atoms with Gasteiger partial charge in [0.05, 0.1) is 5.75 Å². The molecule has 3 rings (SSSR count). The average Bonchev–Trinajstić information content (AvgIpc) is 3.19. The molecule has 1 aliphatic heterocycles. The number of imide groups is 1. The molecule has 7 nitrogen and oxygen atoms in total. The summed E-state index contributed by atoms with van der Waals surface area (Å²) >= 11 is 2.25. The van der Waals surface area contributed by atoms with E-state index in [0.717, 1.165) is 26.7 Å². The molecule has 2 heterocycles. The van der Waals surface area contributed by atoms with Crippen LogP contribution in [0, 0.1) is 0 Å². The predicted octanol–water partition coefficient (Wildman–Crippen LogP) is 2.26. The van der Waals surface area contributed by atoms with Crippen molar-refractivity contribution in [1.82, 2.24) is 10.2 Å². The number of benzene rings is 1. The molecule has 1 aliphatic rings. The first kappa shape index (κ1) is 18.4. The molecule has 2 aromatic rings. The Balaban J connectivity index is 1.49. The highest BCUT2D eigenvalue weighted by atomic mass is 32.2. The van der Waals surface area contributed by atoms with Gasteiger partial charge in [0.15, 0.2) is 6.10 Å². The molecular formula is C17H16N2O5S2. The largest absolute Gasteiger partial charge is 0.448 e. The number of hydrogen-bond donors (Lipinski definition) is 1. The fraction of sp³-hybridized carbons (Fsp3) is 0.294. The third-order valence-electron chi connectivity index (χ3n) is 3.75. The second-order valence-corrected chi connectivity index (χ2v) is 7.60. The number of nitrogens with zero attached hydrogens (tertiary/aromatic N) is 1. The molecular weight excluding hydrogens is 376 g/mol. The van der Waals surface area contributed by atoms with E-state index < -0.39 is 18.0 Å². The van der Waals surface area contributed by atoms with E-state index in [2.05, 4.69) is 5.32 Å². The maximum atomic E-state index is 12.2. The molecule has 1 fully saturated rings. The lowest BCUT2D eigenvalue weighted by molar-refractivity contribution is -0.130. The van der Waals surface area contributed by atoms with Crippen LogP contribution < -0.4 is 5.32 Å². The molecule has 9 heteroatoms. The van der Waals surface area contributed by atoms with Crippen LogP contribution in [0.1, 0.15) is 16.6 Å². The predicted molar refractivity (Wildman–Crippen MR) is 99.3 cm³/mol. The second-order valence-electron chi connectivity index (χ2n) is 5.59. The summed E-state index contributed by atoms with van der Waals surface area (Å²) < 4.78 is 6.17. The molecule has 1 aromatic carbocycles. The number of hydrogen-bond acceptors (Lipinski definition) is 7. The Morgan fingerprint density at radius 3 is 2.77 bits per heavy atom. The zero-order valence-electron chi connectivity index (χ0n) is 13.9. The number of carbonyl (C=O) groups excluding carboxylic acids is 4. The van der Waals surface area contributed by atoms with Crippen molar-refractivity contribution in [1.29, 1.82) is 0 Å². The monoisotopic (exact) mass is 392 g/mol. The second kappa shape index (κ2) is 7.88. The number of fused-ring (bicyclic) bond motifs is 1. The van der Waals surface area contributed by atoms with Gasteiger partial charge in [-0.2, -0.15) is 0 Å². The fourth-order valence-electron chi connectivity index (χ4n) is 2.39. The Morgan fingerprint density at radius 2 is 2.08 bits per heavy atom. The zero-order valence-corrected chi connectivity index (χ0v) is 15.5. The quantitative estimate of drug-likeness (QED) is 0.758. The lowest BCUT2D eigenvalue weighted by Crippen LogP contribution is -2.41. The van der Waals surface area contributed by atoms with E-state index in [1.165, 1.54) is 18.3 Å². The lowest BCUT2D eigenvalue weighted by Gasteiger charge is -2.15. The van der Waals surface area contributed by atoms with Crippen LogP contribution in [-0.2, 0) is 14.3 Å². The van der Waals surface area contributed by atoms with Crippen LogP contribution in [0.15, 0.2) is 30.3 Å². The minimum absolute atomic E-state index is 0.105. The van der Waals surface area contributed by atoms with Gasteiger partial charge in [0, 0.05) is 17.8 Å². The number of thioether (sulfide) groups is 1. The normalized spacial score (nSPS) is 15.3. The molecule has 136 valence electrons. The molecule has 0 radical (unpaired) electrons. The average molecular weight is 392 g/mol. The van der Waals surface area contributed by atoms with Crippen LogP contribution in [0.5, 0.6) is 0 Å². The number of carbonyl (C=O) groups is 4. The highest BCUT2D eigenvalue weighted by Crippen LogP contribution is 2.26. The third kappa shape index (κ3) is 4.05. The molecule has 3 amide bonds. The van der Waals surface area contributed by atoms with Gasteiger partial charge in [0.25, 0.3) is 11.1 Å². The van der Waals surface area contributed by atoms with Gasteiger partial charge in [0.1, 0.15) is 4.88 Å². The Labute approximate surface area is 157 Å².